The number of aromatic nitrogens is 1. The zero-order valence-corrected chi connectivity index (χ0v) is 8.48. The Kier molecular flexibility index (Phi) is 3.33. The van der Waals surface area contributed by atoms with Gasteiger partial charge in [0.15, 0.2) is 0 Å². The summed E-state index contributed by atoms with van der Waals surface area (Å²) in [6.07, 6.45) is -2.54. The average Bonchev–Trinajstić information content (AvgIpc) is 2.08. The molecular formula is C8H8BrF2NO. The van der Waals surface area contributed by atoms with Crippen molar-refractivity contribution in [3.05, 3.63) is 27.5 Å². The number of alkyl halides is 2. The summed E-state index contributed by atoms with van der Waals surface area (Å²) in [7, 11) is 0. The Morgan fingerprint density at radius 2 is 2.23 bits per heavy atom. The van der Waals surface area contributed by atoms with Crippen LogP contribution in [0, 0.1) is 6.92 Å². The van der Waals surface area contributed by atoms with E-state index in [1.807, 2.05) is 0 Å². The van der Waals surface area contributed by atoms with E-state index in [2.05, 4.69) is 20.9 Å². The molecule has 0 saturated carbocycles. The van der Waals surface area contributed by atoms with E-state index in [4.69, 9.17) is 5.11 Å². The summed E-state index contributed by atoms with van der Waals surface area (Å²) in [6.45, 7) is 1.19. The van der Waals surface area contributed by atoms with E-state index < -0.39 is 6.43 Å². The van der Waals surface area contributed by atoms with Crippen molar-refractivity contribution < 1.29 is 13.9 Å². The fourth-order valence-electron chi connectivity index (χ4n) is 1.03. The predicted molar refractivity (Wildman–Crippen MR) is 47.6 cm³/mol. The van der Waals surface area contributed by atoms with Crippen LogP contribution in [0.1, 0.15) is 23.2 Å². The van der Waals surface area contributed by atoms with E-state index in [9.17, 15) is 8.78 Å². The van der Waals surface area contributed by atoms with Crippen LogP contribution >= 0.6 is 15.9 Å². The maximum Gasteiger partial charge on any atom is 0.264 e. The van der Waals surface area contributed by atoms with Gasteiger partial charge in [0.2, 0.25) is 0 Å². The Morgan fingerprint density at radius 3 is 2.69 bits per heavy atom. The Hall–Kier alpha value is -0.550. The highest BCUT2D eigenvalue weighted by atomic mass is 79.9. The fraction of sp³-hybridized carbons (Fsp3) is 0.375. The molecule has 0 fully saturated rings. The van der Waals surface area contributed by atoms with Gasteiger partial charge in [0, 0.05) is 5.56 Å². The van der Waals surface area contributed by atoms with Gasteiger partial charge in [-0.1, -0.05) is 0 Å². The van der Waals surface area contributed by atoms with E-state index in [1.165, 1.54) is 13.0 Å². The maximum atomic E-state index is 12.4. The van der Waals surface area contributed by atoms with Gasteiger partial charge in [0.05, 0.1) is 12.3 Å². The van der Waals surface area contributed by atoms with Crippen LogP contribution in [0.4, 0.5) is 8.78 Å². The molecular weight excluding hydrogens is 244 g/mol. The minimum atomic E-state index is -2.54. The number of hydrogen-bond acceptors (Lipinski definition) is 2. The van der Waals surface area contributed by atoms with Gasteiger partial charge in [-0.15, -0.1) is 0 Å². The summed E-state index contributed by atoms with van der Waals surface area (Å²) < 4.78 is 25.1. The highest BCUT2D eigenvalue weighted by molar-refractivity contribution is 9.10. The van der Waals surface area contributed by atoms with Crippen molar-refractivity contribution in [2.75, 3.05) is 0 Å². The number of rotatable bonds is 2. The molecule has 0 unspecified atom stereocenters. The molecule has 0 aliphatic rings. The second kappa shape index (κ2) is 4.11. The first-order valence-corrected chi connectivity index (χ1v) is 4.40. The van der Waals surface area contributed by atoms with E-state index in [-0.39, 0.29) is 17.9 Å². The largest absolute Gasteiger partial charge is 0.390 e. The minimum Gasteiger partial charge on any atom is -0.390 e. The zero-order chi connectivity index (χ0) is 10.0. The first-order chi connectivity index (χ1) is 6.06. The maximum absolute atomic E-state index is 12.4. The second-order valence-corrected chi connectivity index (χ2v) is 3.38. The van der Waals surface area contributed by atoms with Crippen LogP contribution in [0.5, 0.6) is 0 Å². The summed E-state index contributed by atoms with van der Waals surface area (Å²) in [5.74, 6) is 0. The quantitative estimate of drug-likeness (QED) is 0.820. The highest BCUT2D eigenvalue weighted by Gasteiger charge is 2.14. The number of halogens is 3. The molecule has 5 heteroatoms. The molecule has 0 aliphatic heterocycles. The molecule has 1 heterocycles. The van der Waals surface area contributed by atoms with E-state index in [1.54, 1.807) is 0 Å². The Morgan fingerprint density at radius 1 is 1.62 bits per heavy atom. The van der Waals surface area contributed by atoms with Crippen LogP contribution in [0.3, 0.4) is 0 Å². The number of aliphatic hydroxyl groups is 1. The van der Waals surface area contributed by atoms with Crippen molar-refractivity contribution in [2.24, 2.45) is 0 Å². The summed E-state index contributed by atoms with van der Waals surface area (Å²) in [5, 5.41) is 8.82. The summed E-state index contributed by atoms with van der Waals surface area (Å²) in [5.41, 5.74) is 0.538. The van der Waals surface area contributed by atoms with Gasteiger partial charge in [-0.2, -0.15) is 0 Å². The molecule has 72 valence electrons. The standard InChI is InChI=1S/C8H8BrF2NO/c1-4-5(8(10)11)2-7(9)12-6(4)3-13/h2,8,13H,3H2,1H3. The molecule has 13 heavy (non-hydrogen) atoms. The van der Waals surface area contributed by atoms with Gasteiger partial charge in [0.25, 0.3) is 6.43 Å². The second-order valence-electron chi connectivity index (χ2n) is 2.56. The predicted octanol–water partition coefficient (Wildman–Crippen LogP) is 2.58. The normalized spacial score (nSPS) is 10.9. The average molecular weight is 252 g/mol. The van der Waals surface area contributed by atoms with E-state index >= 15 is 0 Å². The molecule has 1 rings (SSSR count). The van der Waals surface area contributed by atoms with Crippen molar-refractivity contribution in [3.8, 4) is 0 Å². The molecule has 2 nitrogen and oxygen atoms in total. The van der Waals surface area contributed by atoms with Gasteiger partial charge in [0.1, 0.15) is 4.60 Å². The molecule has 0 atom stereocenters. The van der Waals surface area contributed by atoms with Gasteiger partial charge in [-0.3, -0.25) is 0 Å². The summed E-state index contributed by atoms with van der Waals surface area (Å²) in [4.78, 5) is 3.87. The van der Waals surface area contributed by atoms with Crippen molar-refractivity contribution >= 4 is 15.9 Å². The molecule has 1 aromatic heterocycles. The lowest BCUT2D eigenvalue weighted by Crippen LogP contribution is -2.00. The summed E-state index contributed by atoms with van der Waals surface area (Å²) >= 11 is 3.00. The topological polar surface area (TPSA) is 33.1 Å². The third-order valence-electron chi connectivity index (χ3n) is 1.77. The lowest BCUT2D eigenvalue weighted by atomic mass is 10.1. The summed E-state index contributed by atoms with van der Waals surface area (Å²) in [6, 6.07) is 1.26. The third kappa shape index (κ3) is 2.22. The van der Waals surface area contributed by atoms with Crippen molar-refractivity contribution in [1.82, 2.24) is 4.98 Å². The highest BCUT2D eigenvalue weighted by Crippen LogP contribution is 2.26. The van der Waals surface area contributed by atoms with Crippen molar-refractivity contribution in [2.45, 2.75) is 20.0 Å². The fourth-order valence-corrected chi connectivity index (χ4v) is 1.49. The molecule has 0 aromatic carbocycles. The molecule has 1 N–H and O–H groups in total. The first kappa shape index (κ1) is 10.5. The van der Waals surface area contributed by atoms with Gasteiger partial charge in [-0.05, 0) is 34.5 Å². The Bertz CT molecular complexity index is 317. The molecule has 0 spiro atoms. The third-order valence-corrected chi connectivity index (χ3v) is 2.17. The van der Waals surface area contributed by atoms with Crippen LogP contribution in [0.2, 0.25) is 0 Å². The number of pyridine rings is 1. The first-order valence-electron chi connectivity index (χ1n) is 3.61. The van der Waals surface area contributed by atoms with Crippen molar-refractivity contribution in [1.29, 1.82) is 0 Å². The minimum absolute atomic E-state index is 0.0917. The smallest absolute Gasteiger partial charge is 0.264 e. The molecule has 0 bridgehead atoms. The van der Waals surface area contributed by atoms with Crippen LogP contribution < -0.4 is 0 Å². The van der Waals surface area contributed by atoms with Crippen LogP contribution in [0.25, 0.3) is 0 Å². The van der Waals surface area contributed by atoms with Gasteiger partial charge >= 0.3 is 0 Å². The molecule has 1 aromatic rings. The molecule has 0 aliphatic carbocycles. The zero-order valence-electron chi connectivity index (χ0n) is 6.89. The van der Waals surface area contributed by atoms with E-state index in [0.29, 0.717) is 10.2 Å². The molecule has 0 amide bonds. The van der Waals surface area contributed by atoms with Crippen LogP contribution in [-0.4, -0.2) is 10.1 Å². The lowest BCUT2D eigenvalue weighted by Gasteiger charge is -2.08. The lowest BCUT2D eigenvalue weighted by molar-refractivity contribution is 0.150. The monoisotopic (exact) mass is 251 g/mol. The van der Waals surface area contributed by atoms with Gasteiger partial charge < -0.3 is 5.11 Å². The van der Waals surface area contributed by atoms with E-state index in [0.717, 1.165) is 0 Å². The van der Waals surface area contributed by atoms with Gasteiger partial charge in [-0.25, -0.2) is 13.8 Å². The Labute approximate surface area is 82.7 Å². The van der Waals surface area contributed by atoms with Crippen LogP contribution in [0.15, 0.2) is 10.7 Å². The number of aliphatic hydroxyl groups excluding tert-OH is 1. The molecule has 0 radical (unpaired) electrons. The number of hydrogen-bond donors (Lipinski definition) is 1. The van der Waals surface area contributed by atoms with Crippen molar-refractivity contribution in [3.63, 3.8) is 0 Å². The number of nitrogens with zero attached hydrogens (tertiary/aromatic N) is 1. The molecule has 0 saturated heterocycles. The SMILES string of the molecule is Cc1c(C(F)F)cc(Br)nc1CO. The Balaban J connectivity index is 3.27. The van der Waals surface area contributed by atoms with Crippen LogP contribution in [-0.2, 0) is 6.61 Å².